The van der Waals surface area contributed by atoms with E-state index in [9.17, 15) is 9.59 Å². The van der Waals surface area contributed by atoms with Gasteiger partial charge in [0.2, 0.25) is 0 Å². The lowest BCUT2D eigenvalue weighted by Gasteiger charge is -2.18. The molecule has 0 spiro atoms. The van der Waals surface area contributed by atoms with E-state index in [2.05, 4.69) is 23.3 Å². The summed E-state index contributed by atoms with van der Waals surface area (Å²) in [5.41, 5.74) is 1.10. The molecule has 15 heavy (non-hydrogen) atoms. The largest absolute Gasteiger partial charge is 0.482 e. The van der Waals surface area contributed by atoms with Crippen LogP contribution in [0.2, 0.25) is 0 Å². The number of hydrogen-bond donors (Lipinski definition) is 3. The molecule has 1 aromatic rings. The van der Waals surface area contributed by atoms with Crippen LogP contribution in [0.3, 0.4) is 0 Å². The predicted octanol–water partition coefficient (Wildman–Crippen LogP) is 1.48. The molecular formula is C9H8N2O3S. The molecule has 78 valence electrons. The third kappa shape index (κ3) is 2.21. The molecule has 0 unspecified atom stereocenters. The van der Waals surface area contributed by atoms with Crippen LogP contribution in [0.25, 0.3) is 0 Å². The van der Waals surface area contributed by atoms with E-state index in [0.29, 0.717) is 17.1 Å². The fourth-order valence-corrected chi connectivity index (χ4v) is 1.41. The van der Waals surface area contributed by atoms with Crippen molar-refractivity contribution in [1.82, 2.24) is 0 Å². The Morgan fingerprint density at radius 1 is 1.53 bits per heavy atom. The highest BCUT2D eigenvalue weighted by molar-refractivity contribution is 7.96. The Hall–Kier alpha value is -1.69. The summed E-state index contributed by atoms with van der Waals surface area (Å²) < 4.78 is 5.15. The SMILES string of the molecule is O=C(S)Nc1ccc2c(c1)NC(=O)CO2. The molecule has 0 radical (unpaired) electrons. The van der Waals surface area contributed by atoms with Crippen LogP contribution in [0.15, 0.2) is 18.2 Å². The minimum Gasteiger partial charge on any atom is -0.482 e. The molecule has 1 aliphatic rings. The van der Waals surface area contributed by atoms with E-state index in [1.165, 1.54) is 0 Å². The highest BCUT2D eigenvalue weighted by atomic mass is 32.1. The number of anilines is 2. The molecule has 5 nitrogen and oxygen atoms in total. The molecule has 2 amide bonds. The summed E-state index contributed by atoms with van der Waals surface area (Å²) in [5.74, 6) is 0.378. The van der Waals surface area contributed by atoms with Crippen LogP contribution < -0.4 is 15.4 Å². The lowest BCUT2D eigenvalue weighted by atomic mass is 10.2. The van der Waals surface area contributed by atoms with Crippen LogP contribution in [0.4, 0.5) is 16.2 Å². The molecule has 1 heterocycles. The quantitative estimate of drug-likeness (QED) is 0.633. The second kappa shape index (κ2) is 3.82. The van der Waals surface area contributed by atoms with Gasteiger partial charge in [0, 0.05) is 5.69 Å². The lowest BCUT2D eigenvalue weighted by molar-refractivity contribution is -0.118. The van der Waals surface area contributed by atoms with Crippen molar-refractivity contribution in [3.05, 3.63) is 18.2 Å². The van der Waals surface area contributed by atoms with Crippen molar-refractivity contribution >= 4 is 35.1 Å². The topological polar surface area (TPSA) is 67.4 Å². The third-order valence-electron chi connectivity index (χ3n) is 1.86. The molecule has 1 aliphatic heterocycles. The zero-order valence-corrected chi connectivity index (χ0v) is 8.51. The van der Waals surface area contributed by atoms with Crippen LogP contribution in [0.5, 0.6) is 5.75 Å². The van der Waals surface area contributed by atoms with E-state index in [1.54, 1.807) is 18.2 Å². The first-order valence-electron chi connectivity index (χ1n) is 4.22. The molecule has 0 saturated carbocycles. The second-order valence-electron chi connectivity index (χ2n) is 2.98. The molecule has 1 aromatic carbocycles. The van der Waals surface area contributed by atoms with Crippen molar-refractivity contribution in [2.45, 2.75) is 0 Å². The number of amides is 2. The number of benzene rings is 1. The van der Waals surface area contributed by atoms with E-state index in [-0.39, 0.29) is 12.5 Å². The molecule has 0 fully saturated rings. The Labute approximate surface area is 91.2 Å². The number of hydrogen-bond acceptors (Lipinski definition) is 3. The first-order valence-corrected chi connectivity index (χ1v) is 4.66. The zero-order chi connectivity index (χ0) is 10.8. The molecular weight excluding hydrogens is 216 g/mol. The van der Waals surface area contributed by atoms with Gasteiger partial charge in [-0.2, -0.15) is 0 Å². The molecule has 2 rings (SSSR count). The summed E-state index contributed by atoms with van der Waals surface area (Å²) in [7, 11) is 0. The summed E-state index contributed by atoms with van der Waals surface area (Å²) in [4.78, 5) is 21.7. The van der Waals surface area contributed by atoms with Gasteiger partial charge in [0.05, 0.1) is 5.69 Å². The lowest BCUT2D eigenvalue weighted by Crippen LogP contribution is -2.25. The third-order valence-corrected chi connectivity index (χ3v) is 1.98. The average Bonchev–Trinajstić information content (AvgIpc) is 2.16. The Balaban J connectivity index is 2.28. The van der Waals surface area contributed by atoms with Gasteiger partial charge in [-0.1, -0.05) is 12.6 Å². The van der Waals surface area contributed by atoms with Crippen molar-refractivity contribution in [3.8, 4) is 5.75 Å². The van der Waals surface area contributed by atoms with E-state index < -0.39 is 5.24 Å². The Morgan fingerprint density at radius 3 is 3.07 bits per heavy atom. The number of nitrogens with one attached hydrogen (secondary N) is 2. The molecule has 6 heteroatoms. The van der Waals surface area contributed by atoms with Crippen molar-refractivity contribution in [3.63, 3.8) is 0 Å². The number of rotatable bonds is 1. The van der Waals surface area contributed by atoms with E-state index in [1.807, 2.05) is 0 Å². The summed E-state index contributed by atoms with van der Waals surface area (Å²) in [6.45, 7) is 0.0191. The van der Waals surface area contributed by atoms with Crippen molar-refractivity contribution < 1.29 is 14.3 Å². The molecule has 0 atom stereocenters. The number of carbonyl (C=O) groups is 2. The number of fused-ring (bicyclic) bond motifs is 1. The summed E-state index contributed by atoms with van der Waals surface area (Å²) in [5, 5.41) is 4.66. The fourth-order valence-electron chi connectivity index (χ4n) is 1.28. The van der Waals surface area contributed by atoms with E-state index in [4.69, 9.17) is 4.74 Å². The average molecular weight is 224 g/mol. The maximum atomic E-state index is 11.0. The van der Waals surface area contributed by atoms with Crippen LogP contribution in [0, 0.1) is 0 Å². The fraction of sp³-hybridized carbons (Fsp3) is 0.111. The van der Waals surface area contributed by atoms with Crippen LogP contribution in [-0.4, -0.2) is 17.8 Å². The summed E-state index contributed by atoms with van der Waals surface area (Å²) >= 11 is 3.58. The predicted molar refractivity (Wildman–Crippen MR) is 58.6 cm³/mol. The van der Waals surface area contributed by atoms with Gasteiger partial charge >= 0.3 is 0 Å². The molecule has 0 aliphatic carbocycles. The van der Waals surface area contributed by atoms with Gasteiger partial charge in [-0.15, -0.1) is 0 Å². The Kier molecular flexibility index (Phi) is 2.51. The van der Waals surface area contributed by atoms with Gasteiger partial charge in [-0.05, 0) is 18.2 Å². The summed E-state index contributed by atoms with van der Waals surface area (Å²) in [6.07, 6.45) is 0. The molecule has 2 N–H and O–H groups in total. The summed E-state index contributed by atoms with van der Waals surface area (Å²) in [6, 6.07) is 4.96. The van der Waals surface area contributed by atoms with Crippen LogP contribution >= 0.6 is 12.6 Å². The monoisotopic (exact) mass is 224 g/mol. The minimum atomic E-state index is -0.460. The highest BCUT2D eigenvalue weighted by Gasteiger charge is 2.15. The molecule has 0 bridgehead atoms. The maximum absolute atomic E-state index is 11.0. The van der Waals surface area contributed by atoms with Gasteiger partial charge in [0.15, 0.2) is 6.61 Å². The first-order chi connectivity index (χ1) is 7.15. The number of ether oxygens (including phenoxy) is 1. The van der Waals surface area contributed by atoms with Crippen LogP contribution in [0.1, 0.15) is 0 Å². The van der Waals surface area contributed by atoms with Gasteiger partial charge in [-0.3, -0.25) is 9.59 Å². The number of thiol groups is 1. The van der Waals surface area contributed by atoms with Gasteiger partial charge in [-0.25, -0.2) is 0 Å². The highest BCUT2D eigenvalue weighted by Crippen LogP contribution is 2.30. The van der Waals surface area contributed by atoms with Gasteiger partial charge in [0.1, 0.15) is 5.75 Å². The van der Waals surface area contributed by atoms with Crippen molar-refractivity contribution in [2.24, 2.45) is 0 Å². The van der Waals surface area contributed by atoms with E-state index >= 15 is 0 Å². The molecule has 0 saturated heterocycles. The minimum absolute atomic E-state index is 0.0191. The number of carbonyl (C=O) groups excluding carboxylic acids is 2. The molecule has 0 aromatic heterocycles. The first kappa shape index (κ1) is 9.85. The van der Waals surface area contributed by atoms with Crippen molar-refractivity contribution in [1.29, 1.82) is 0 Å². The van der Waals surface area contributed by atoms with E-state index in [0.717, 1.165) is 0 Å². The Bertz CT molecular complexity index is 433. The Morgan fingerprint density at radius 2 is 2.33 bits per heavy atom. The standard InChI is InChI=1S/C9H8N2O3S/c12-8-4-14-7-2-1-5(10-9(13)15)3-6(7)11-8/h1-3H,4H2,(H,11,12)(H2,10,13,15). The normalized spacial score (nSPS) is 13.5. The van der Waals surface area contributed by atoms with Crippen LogP contribution in [-0.2, 0) is 4.79 Å². The van der Waals surface area contributed by atoms with Crippen molar-refractivity contribution in [2.75, 3.05) is 17.2 Å². The van der Waals surface area contributed by atoms with Gasteiger partial charge in [0.25, 0.3) is 11.1 Å². The van der Waals surface area contributed by atoms with Gasteiger partial charge < -0.3 is 15.4 Å². The second-order valence-corrected chi connectivity index (χ2v) is 3.38. The maximum Gasteiger partial charge on any atom is 0.280 e. The zero-order valence-electron chi connectivity index (χ0n) is 7.61. The smallest absolute Gasteiger partial charge is 0.280 e.